The second-order valence-electron chi connectivity index (χ2n) is 8.97. The van der Waals surface area contributed by atoms with E-state index in [0.29, 0.717) is 24.4 Å². The number of rotatable bonds is 3. The molecule has 0 amide bonds. The molecule has 3 atom stereocenters. The van der Waals surface area contributed by atoms with Crippen LogP contribution >= 0.6 is 0 Å². The predicted octanol–water partition coefficient (Wildman–Crippen LogP) is 3.51. The van der Waals surface area contributed by atoms with E-state index in [-0.39, 0.29) is 22.9 Å². The summed E-state index contributed by atoms with van der Waals surface area (Å²) in [6, 6.07) is 11.4. The number of Topliss-reactive ketones (excluding diaryl/α,β-unsaturated/α-hetero) is 1. The van der Waals surface area contributed by atoms with Crippen LogP contribution in [0.15, 0.2) is 36.4 Å². The molecular formula is C29H27FeNO4+2. The van der Waals surface area contributed by atoms with Gasteiger partial charge in [-0.05, 0) is 87.6 Å². The summed E-state index contributed by atoms with van der Waals surface area (Å²) in [4.78, 5) is 29.4. The van der Waals surface area contributed by atoms with E-state index in [2.05, 4.69) is 0 Å². The monoisotopic (exact) mass is 509 g/mol. The Balaban J connectivity index is 0.000000431. The number of benzene rings is 2. The van der Waals surface area contributed by atoms with Crippen LogP contribution in [0.2, 0.25) is 0 Å². The minimum Gasteiger partial charge on any atom is -0.468 e. The van der Waals surface area contributed by atoms with E-state index in [1.54, 1.807) is 12.8 Å². The van der Waals surface area contributed by atoms with Gasteiger partial charge < -0.3 is 9.84 Å². The molecule has 4 aliphatic rings. The number of ketones is 1. The van der Waals surface area contributed by atoms with Crippen LogP contribution in [0.5, 0.6) is 0 Å². The molecule has 6 heteroatoms. The number of hydrogen-bond acceptors (Lipinski definition) is 5. The third kappa shape index (κ3) is 3.71. The number of aliphatic hydroxyl groups is 1. The minimum absolute atomic E-state index is 0. The van der Waals surface area contributed by atoms with E-state index in [4.69, 9.17) is 4.74 Å². The Morgan fingerprint density at radius 3 is 2.20 bits per heavy atom. The first-order valence-electron chi connectivity index (χ1n) is 11.4. The van der Waals surface area contributed by atoms with Gasteiger partial charge in [0.25, 0.3) is 0 Å². The molecule has 5 nitrogen and oxygen atoms in total. The molecule has 3 aliphatic carbocycles. The molecule has 1 spiro atoms. The van der Waals surface area contributed by atoms with E-state index in [1.165, 1.54) is 7.11 Å². The molecule has 1 aliphatic heterocycles. The van der Waals surface area contributed by atoms with Gasteiger partial charge in [-0.3, -0.25) is 14.5 Å². The SMILES string of the molecule is COC(=O)[C@]1([C@H](O)[C]2[CH][CH][CH][CH]2)CCN(C)[C@@]12C(=O)c1cccc3cccc2c13.[CH]1[CH][CH][CH][CH]1.[Fe+2]. The van der Waals surface area contributed by atoms with Crippen molar-refractivity contribution in [3.8, 4) is 0 Å². The van der Waals surface area contributed by atoms with Crippen molar-refractivity contribution in [3.63, 3.8) is 0 Å². The van der Waals surface area contributed by atoms with Crippen LogP contribution in [-0.2, 0) is 32.1 Å². The first kappa shape index (κ1) is 26.3. The Labute approximate surface area is 219 Å². The van der Waals surface area contributed by atoms with Crippen LogP contribution in [0.1, 0.15) is 22.3 Å². The van der Waals surface area contributed by atoms with Crippen LogP contribution in [0.25, 0.3) is 10.8 Å². The molecule has 2 aromatic rings. The second kappa shape index (κ2) is 10.3. The van der Waals surface area contributed by atoms with Crippen LogP contribution in [0.3, 0.4) is 0 Å². The number of likely N-dealkylation sites (N-methyl/N-ethyl adjacent to an activating group) is 1. The number of hydrogen-bond donors (Lipinski definition) is 1. The number of likely N-dealkylation sites (tertiary alicyclic amines) is 1. The summed E-state index contributed by atoms with van der Waals surface area (Å²) in [5.74, 6) is -0.102. The van der Waals surface area contributed by atoms with Crippen molar-refractivity contribution < 1.29 is 36.5 Å². The summed E-state index contributed by atoms with van der Waals surface area (Å²) in [5.41, 5.74) is -1.41. The molecule has 1 N–H and O–H groups in total. The fourth-order valence-electron chi connectivity index (χ4n) is 6.06. The van der Waals surface area contributed by atoms with Crippen LogP contribution < -0.4 is 0 Å². The van der Waals surface area contributed by atoms with Crippen molar-refractivity contribution in [2.45, 2.75) is 18.1 Å². The van der Waals surface area contributed by atoms with Gasteiger partial charge in [-0.25, -0.2) is 0 Å². The van der Waals surface area contributed by atoms with Gasteiger partial charge >= 0.3 is 23.0 Å². The molecule has 10 radical (unpaired) electrons. The summed E-state index contributed by atoms with van der Waals surface area (Å²) in [7, 11) is 3.17. The maximum Gasteiger partial charge on any atom is 2.00 e. The first-order chi connectivity index (χ1) is 16.5. The van der Waals surface area contributed by atoms with E-state index >= 15 is 0 Å². The topological polar surface area (TPSA) is 66.8 Å². The maximum atomic E-state index is 14.1. The standard InChI is InChI=1S/C24H22NO4.C5H5.Fe/c1-25-14-13-23(22(28)29-2,20(26)16-7-3-4-8-16)24(25)18-12-6-10-15-9-5-11-17(19(15)18)21(24)27;1-2-4-5-3-1;/h3-12,20,26H,13-14H2,1-2H3;1-5H;/q;;+2/t20-,23-,24+;;/m1../s1. The average Bonchev–Trinajstić information content (AvgIpc) is 3.67. The Hall–Kier alpha value is -1.72. The summed E-state index contributed by atoms with van der Waals surface area (Å²) >= 11 is 0. The number of esters is 1. The summed E-state index contributed by atoms with van der Waals surface area (Å²) in [5, 5.41) is 13.4. The molecule has 0 aromatic heterocycles. The Bertz CT molecular complexity index is 1080. The smallest absolute Gasteiger partial charge is 0.468 e. The third-order valence-electron chi connectivity index (χ3n) is 7.50. The number of aliphatic hydroxyl groups excluding tert-OH is 1. The molecular weight excluding hydrogens is 482 g/mol. The summed E-state index contributed by atoms with van der Waals surface area (Å²) in [6.45, 7) is 0.489. The minimum atomic E-state index is -1.45. The summed E-state index contributed by atoms with van der Waals surface area (Å²) < 4.78 is 5.26. The average molecular weight is 509 g/mol. The Morgan fingerprint density at radius 1 is 1.00 bits per heavy atom. The molecule has 35 heavy (non-hydrogen) atoms. The van der Waals surface area contributed by atoms with Crippen LogP contribution in [0, 0.1) is 69.1 Å². The number of nitrogens with zero attached hydrogens (tertiary/aromatic N) is 1. The van der Waals surface area contributed by atoms with Gasteiger partial charge in [0.2, 0.25) is 0 Å². The maximum absolute atomic E-state index is 14.1. The van der Waals surface area contributed by atoms with Crippen molar-refractivity contribution in [3.05, 3.63) is 111 Å². The zero-order valence-electron chi connectivity index (χ0n) is 19.6. The van der Waals surface area contributed by atoms with Crippen molar-refractivity contribution in [1.29, 1.82) is 0 Å². The second-order valence-corrected chi connectivity index (χ2v) is 8.97. The Morgan fingerprint density at radius 2 is 1.60 bits per heavy atom. The number of carbonyl (C=O) groups excluding carboxylic acids is 2. The molecule has 1 saturated heterocycles. The Kier molecular flexibility index (Phi) is 7.78. The van der Waals surface area contributed by atoms with Crippen molar-refractivity contribution in [2.24, 2.45) is 5.41 Å². The van der Waals surface area contributed by atoms with E-state index < -0.39 is 23.0 Å². The van der Waals surface area contributed by atoms with Gasteiger partial charge in [0, 0.05) is 18.0 Å². The molecule has 0 unspecified atom stereocenters. The van der Waals surface area contributed by atoms with Gasteiger partial charge in [-0.2, -0.15) is 0 Å². The number of methoxy groups -OCH3 is 1. The summed E-state index contributed by atoms with van der Waals surface area (Å²) in [6.07, 6.45) is 16.4. The molecule has 2 aromatic carbocycles. The number of ether oxygens (including phenoxy) is 1. The number of fused-ring (bicyclic) bond motifs is 1. The van der Waals surface area contributed by atoms with Crippen LogP contribution in [0.4, 0.5) is 0 Å². The van der Waals surface area contributed by atoms with E-state index in [0.717, 1.165) is 16.3 Å². The first-order valence-corrected chi connectivity index (χ1v) is 11.4. The van der Waals surface area contributed by atoms with Crippen molar-refractivity contribution >= 4 is 22.5 Å². The van der Waals surface area contributed by atoms with Gasteiger partial charge in [0.15, 0.2) is 5.78 Å². The van der Waals surface area contributed by atoms with Crippen molar-refractivity contribution in [1.82, 2.24) is 4.90 Å². The predicted molar refractivity (Wildman–Crippen MR) is 130 cm³/mol. The van der Waals surface area contributed by atoms with Crippen molar-refractivity contribution in [2.75, 3.05) is 20.7 Å². The number of carbonyl (C=O) groups is 2. The normalized spacial score (nSPS) is 28.7. The van der Waals surface area contributed by atoms with E-state index in [9.17, 15) is 14.7 Å². The molecule has 1 heterocycles. The molecule has 2 saturated carbocycles. The fourth-order valence-corrected chi connectivity index (χ4v) is 6.06. The molecule has 6 rings (SSSR count). The zero-order valence-corrected chi connectivity index (χ0v) is 20.7. The fraction of sp³-hybridized carbons (Fsp3) is 0.241. The van der Waals surface area contributed by atoms with Crippen LogP contribution in [-0.4, -0.2) is 48.6 Å². The largest absolute Gasteiger partial charge is 2.00 e. The molecule has 0 bridgehead atoms. The molecule has 178 valence electrons. The third-order valence-corrected chi connectivity index (χ3v) is 7.50. The van der Waals surface area contributed by atoms with Gasteiger partial charge in [0.1, 0.15) is 11.0 Å². The van der Waals surface area contributed by atoms with Gasteiger partial charge in [0.05, 0.1) is 13.2 Å². The van der Waals surface area contributed by atoms with E-state index in [1.807, 2.05) is 93.3 Å². The molecule has 3 fully saturated rings. The quantitative estimate of drug-likeness (QED) is 0.507. The van der Waals surface area contributed by atoms with Gasteiger partial charge in [-0.15, -0.1) is 0 Å². The van der Waals surface area contributed by atoms with Gasteiger partial charge in [-0.1, -0.05) is 36.4 Å². The zero-order chi connectivity index (χ0) is 23.9.